The minimum Gasteiger partial charge on any atom is -0.544 e. The Morgan fingerprint density at radius 1 is 0.513 bits per heavy atom. The maximum absolute atomic E-state index is 13.6. The molecule has 0 radical (unpaired) electrons. The van der Waals surface area contributed by atoms with E-state index in [1.54, 1.807) is 0 Å². The summed E-state index contributed by atoms with van der Waals surface area (Å²) < 4.78 is 67.6. The van der Waals surface area contributed by atoms with Gasteiger partial charge in [0.05, 0.1) is 102 Å². The van der Waals surface area contributed by atoms with Gasteiger partial charge in [-0.05, 0) is 5.53 Å². The molecule has 8 heterocycles. The van der Waals surface area contributed by atoms with Crippen molar-refractivity contribution in [3.8, 4) is 12.3 Å². The second kappa shape index (κ2) is 45.9. The van der Waals surface area contributed by atoms with E-state index in [-0.39, 0.29) is 100 Å². The normalized spacial score (nSPS) is 36.5. The molecule has 54 nitrogen and oxygen atoms in total. The van der Waals surface area contributed by atoms with Crippen LogP contribution in [-0.2, 0) is 112 Å². The number of amides is 3. The van der Waals surface area contributed by atoms with E-state index in [4.69, 9.17) is 68.8 Å². The van der Waals surface area contributed by atoms with E-state index in [0.29, 0.717) is 0 Å². The summed E-state index contributed by atoms with van der Waals surface area (Å²) in [7, 11) is 0. The van der Waals surface area contributed by atoms with Crippen molar-refractivity contribution in [2.24, 2.45) is 5.11 Å². The maximum Gasteiger partial charge on any atom is 1.00 e. The molecule has 0 spiro atoms. The number of carbonyl (C=O) groups excluding carboxylic acids is 6. The van der Waals surface area contributed by atoms with E-state index in [1.165, 1.54) is 0 Å². The number of rotatable bonds is 38. The topological polar surface area (TPSA) is 853 Å². The van der Waals surface area contributed by atoms with Crippen molar-refractivity contribution in [3.05, 3.63) is 34.2 Å². The molecule has 117 heavy (non-hydrogen) atoms. The van der Waals surface area contributed by atoms with Crippen molar-refractivity contribution in [1.29, 1.82) is 0 Å². The number of ether oxygens (including phenoxy) is 12. The molecule has 0 unspecified atom stereocenters. The van der Waals surface area contributed by atoms with Gasteiger partial charge in [0, 0.05) is 24.2 Å². The average Bonchev–Trinajstić information content (AvgIpc) is 1.06. The van der Waals surface area contributed by atoms with Crippen LogP contribution in [0, 0.1) is 12.3 Å². The summed E-state index contributed by atoms with van der Waals surface area (Å²) in [5, 5.41) is 287. The third kappa shape index (κ3) is 25.0. The first-order chi connectivity index (χ1) is 53.8. The molecule has 0 aromatic carbocycles. The van der Waals surface area contributed by atoms with Crippen LogP contribution in [0.2, 0.25) is 0 Å². The van der Waals surface area contributed by atoms with Crippen molar-refractivity contribution in [3.63, 3.8) is 0 Å². The van der Waals surface area contributed by atoms with Crippen LogP contribution in [0.4, 0.5) is 0 Å². The number of aromatic nitrogens is 6. The second-order valence-electron chi connectivity index (χ2n) is 27.0. The van der Waals surface area contributed by atoms with E-state index in [1.807, 2.05) is 0 Å². The minimum absolute atomic E-state index is 0. The van der Waals surface area contributed by atoms with Crippen LogP contribution in [0.1, 0.15) is 30.7 Å². The molecule has 2 aromatic heterocycles. The van der Waals surface area contributed by atoms with Gasteiger partial charge in [-0.3, -0.25) is 14.4 Å². The molecule has 6 saturated heterocycles. The van der Waals surface area contributed by atoms with Gasteiger partial charge in [-0.25, -0.2) is 9.36 Å². The molecular weight excluding hydrogens is 1630 g/mol. The first-order valence-electron chi connectivity index (χ1n) is 34.4. The number of aliphatic carboxylic acids is 3. The summed E-state index contributed by atoms with van der Waals surface area (Å²) in [6, 6.07) is -5.56. The SMILES string of the molecule is C#CCO[C@@H]1O[C@H](CO[C@]2(C(=O)[O-])C[C@H](O)[C@@H](NC(=O)Cn3cc(CO[C@@H]4O[C@H](CO[C@]5(C(=O)[O-])C[C@H](O)[C@@H](NC(=O)Cn6cc(CO[C@@H]7O[C@H](CO[C@]8(C(=O)[O-])C[C@H](O)[C@@H](NC(=O)CN=[N+]=[N-])[C@H]([C@H](O)[C@H](O)CO)O8)[C@H](O)[C@H](O)[C@H]7O)nn6)[C@H]([C@H](O)[C@H](O)CO)O5)[C@H](O)[C@H](O)[C@H]4O)nn3)[C@H]([C@H](O)[C@H](O)CO)O2)[C@H](O)[C@H](O)[C@H]1O.[Na+].[Na+].[Na+]. The fourth-order valence-electron chi connectivity index (χ4n) is 12.8. The number of hydrogen-bond donors (Lipinski definition) is 24. The van der Waals surface area contributed by atoms with Crippen LogP contribution in [0.5, 0.6) is 0 Å². The van der Waals surface area contributed by atoms with Gasteiger partial charge in [0.1, 0.15) is 184 Å². The number of carboxylic acids is 3. The van der Waals surface area contributed by atoms with Gasteiger partial charge in [-0.15, -0.1) is 16.6 Å². The van der Waals surface area contributed by atoms with Crippen LogP contribution in [-0.4, -0.2) is 426 Å². The van der Waals surface area contributed by atoms with E-state index < -0.39 is 335 Å². The summed E-state index contributed by atoms with van der Waals surface area (Å²) in [6.07, 6.45) is -52.2. The number of carboxylic acid groups (broad SMARTS) is 3. The maximum atomic E-state index is 13.6. The Kier molecular flexibility index (Phi) is 40.5. The first kappa shape index (κ1) is 103. The molecule has 2 aromatic rings. The molecular formula is C60H87N12Na3O42. The predicted octanol–water partition coefficient (Wildman–Crippen LogP) is -30.6. The van der Waals surface area contributed by atoms with Crippen molar-refractivity contribution < 1.29 is 297 Å². The Labute approximate surface area is 724 Å². The van der Waals surface area contributed by atoms with Gasteiger partial charge in [-0.1, -0.05) is 21.5 Å². The quantitative estimate of drug-likeness (QED) is 0.00976. The average molecular weight is 1720 g/mol. The van der Waals surface area contributed by atoms with E-state index >= 15 is 0 Å². The molecule has 8 rings (SSSR count). The van der Waals surface area contributed by atoms with E-state index in [2.05, 4.69) is 52.5 Å². The van der Waals surface area contributed by atoms with E-state index in [0.717, 1.165) is 21.8 Å². The van der Waals surface area contributed by atoms with Gasteiger partial charge >= 0.3 is 88.7 Å². The molecule has 24 N–H and O–H groups in total. The fourth-order valence-corrected chi connectivity index (χ4v) is 12.8. The number of carbonyl (C=O) groups is 6. The van der Waals surface area contributed by atoms with Crippen LogP contribution >= 0.6 is 0 Å². The monoisotopic (exact) mass is 1720 g/mol. The third-order valence-corrected chi connectivity index (χ3v) is 19.0. The molecule has 0 aliphatic carbocycles. The number of nitrogens with zero attached hydrogens (tertiary/aromatic N) is 9. The molecule has 6 aliphatic rings. The standard InChI is InChI=1S/C60H90N12O42.3Na/c1-2-3-103-52-46(94)43(91)40(88)28(109-52)17-106-59(56(99)100)5-23(77)35(50(113-59)38(86)26(80)13-74)64-32(83)10-71-9-21(67-69-71)16-105-54-48(96)45(93)42(90)30(111-54)19-108-60(57(101)102)6-24(78)36(51(114-60)39(87)27(81)14-75)65-33(84)11-72-8-20(66-70-72)15-104-53-47(95)44(92)41(89)29(110-53)18-107-58(55(97)98)4-22(76)34(63-31(82)7-62-68-61)49(112-58)37(85)25(79)12-73;;;/h1,8-9,22-30,34-54,73-81,85-96H,3-7,10-19H2,(H,63,82)(H,64,83)(H,65,84)(H,97,98)(H,99,100)(H,101,102);;;/q;3*+1/p-3/t22-,23-,24-,25+,26+,27+,28+,29+,30+,34+,35+,36+,37+,38+,39+,40-,41-,42-,43-,44-,45-,46+,47+,48+,49+,50+,51+,52+,53+,54+,58+,59+,60+;;;/m0.../s1. The van der Waals surface area contributed by atoms with Crippen LogP contribution in [0.15, 0.2) is 17.5 Å². The molecule has 0 saturated carbocycles. The fraction of sp³-hybridized carbons (Fsp3) is 0.800. The van der Waals surface area contributed by atoms with Gasteiger partial charge < -0.3 is 210 Å². The summed E-state index contributed by atoms with van der Waals surface area (Å²) in [4.78, 5) is 80.4. The third-order valence-electron chi connectivity index (χ3n) is 19.0. The zero-order valence-corrected chi connectivity index (χ0v) is 68.1. The first-order valence-corrected chi connectivity index (χ1v) is 34.4. The molecule has 57 heteroatoms. The Balaban J connectivity index is 0.00000813. The van der Waals surface area contributed by atoms with E-state index in [9.17, 15) is 151 Å². The Morgan fingerprint density at radius 3 is 1.09 bits per heavy atom. The summed E-state index contributed by atoms with van der Waals surface area (Å²) in [6.45, 7) is -11.4. The van der Waals surface area contributed by atoms with Gasteiger partial charge in [0.2, 0.25) is 35.1 Å². The van der Waals surface area contributed by atoms with Crippen LogP contribution in [0.3, 0.4) is 0 Å². The van der Waals surface area contributed by atoms with Crippen molar-refractivity contribution in [1.82, 2.24) is 45.9 Å². The Hall–Kier alpha value is -4.35. The number of terminal acetylenes is 1. The largest absolute Gasteiger partial charge is 1.00 e. The second-order valence-corrected chi connectivity index (χ2v) is 27.0. The smallest absolute Gasteiger partial charge is 0.544 e. The number of nitrogens with one attached hydrogen (secondary N) is 3. The Morgan fingerprint density at radius 2 is 0.812 bits per heavy atom. The summed E-state index contributed by atoms with van der Waals surface area (Å²) in [5.74, 6) is -17.5. The molecule has 6 aliphatic heterocycles. The molecule has 6 fully saturated rings. The summed E-state index contributed by atoms with van der Waals surface area (Å²) in [5.41, 5.74) is 8.23. The van der Waals surface area contributed by atoms with Gasteiger partial charge in [0.25, 0.3) is 0 Å². The number of aliphatic hydroxyl groups excluding tert-OH is 21. The zero-order valence-electron chi connectivity index (χ0n) is 62.1. The minimum atomic E-state index is -3.24. The van der Waals surface area contributed by atoms with Gasteiger partial charge in [0.15, 0.2) is 18.9 Å². The number of aliphatic hydroxyl groups is 21. The molecule has 3 amide bonds. The van der Waals surface area contributed by atoms with Crippen LogP contribution in [0.25, 0.3) is 10.4 Å². The predicted molar refractivity (Wildman–Crippen MR) is 339 cm³/mol. The number of azide groups is 1. The molecule has 33 atom stereocenters. The van der Waals surface area contributed by atoms with Crippen molar-refractivity contribution >= 4 is 35.6 Å². The zero-order chi connectivity index (χ0) is 84.2. The molecule has 642 valence electrons. The molecule has 0 bridgehead atoms. The Bertz CT molecular complexity index is 3640. The van der Waals surface area contributed by atoms with Gasteiger partial charge in [-0.2, -0.15) is 0 Å². The number of hydrogen-bond acceptors (Lipinski definition) is 47. The van der Waals surface area contributed by atoms with Crippen molar-refractivity contribution in [2.75, 3.05) is 52.8 Å². The van der Waals surface area contributed by atoms with Crippen molar-refractivity contribution in [2.45, 2.75) is 246 Å². The summed E-state index contributed by atoms with van der Waals surface area (Å²) >= 11 is 0. The van der Waals surface area contributed by atoms with Crippen LogP contribution < -0.4 is 120 Å².